The number of imide groups is 1. The second-order valence-electron chi connectivity index (χ2n) is 3.27. The van der Waals surface area contributed by atoms with Crippen molar-refractivity contribution in [2.75, 3.05) is 6.54 Å². The molecule has 0 aliphatic carbocycles. The van der Waals surface area contributed by atoms with E-state index in [0.717, 1.165) is 5.01 Å². The smallest absolute Gasteiger partial charge is 0.327 e. The number of urea groups is 1. The Kier molecular flexibility index (Phi) is 3.31. The number of hydrazone groups is 1. The molecule has 1 aliphatic heterocycles. The molecule has 0 atom stereocenters. The van der Waals surface area contributed by atoms with E-state index in [2.05, 4.69) is 10.4 Å². The van der Waals surface area contributed by atoms with Gasteiger partial charge in [-0.3, -0.25) is 4.79 Å². The van der Waals surface area contributed by atoms with Gasteiger partial charge in [0.25, 0.3) is 5.91 Å². The number of amides is 3. The zero-order valence-electron chi connectivity index (χ0n) is 8.48. The number of hydrogen-bond donors (Lipinski definition) is 1. The van der Waals surface area contributed by atoms with Gasteiger partial charge in [0.2, 0.25) is 0 Å². The minimum Gasteiger partial charge on any atom is -0.327 e. The van der Waals surface area contributed by atoms with Gasteiger partial charge >= 0.3 is 6.03 Å². The van der Waals surface area contributed by atoms with E-state index in [0.29, 0.717) is 15.6 Å². The molecule has 0 bridgehead atoms. The zero-order chi connectivity index (χ0) is 12.4. The van der Waals surface area contributed by atoms with Crippen molar-refractivity contribution in [1.29, 1.82) is 0 Å². The molecule has 1 heterocycles. The van der Waals surface area contributed by atoms with Crippen LogP contribution in [0.5, 0.6) is 0 Å². The van der Waals surface area contributed by atoms with Crippen molar-refractivity contribution in [3.8, 4) is 0 Å². The van der Waals surface area contributed by atoms with Crippen LogP contribution in [-0.2, 0) is 4.79 Å². The van der Waals surface area contributed by atoms with Gasteiger partial charge in [0, 0.05) is 10.6 Å². The molecule has 1 fully saturated rings. The Hall–Kier alpha value is -1.59. The van der Waals surface area contributed by atoms with Gasteiger partial charge in [0.1, 0.15) is 6.54 Å². The van der Waals surface area contributed by atoms with Crippen LogP contribution in [0.1, 0.15) is 5.56 Å². The molecule has 0 saturated carbocycles. The second kappa shape index (κ2) is 4.73. The van der Waals surface area contributed by atoms with E-state index in [1.54, 1.807) is 18.2 Å². The number of halogens is 2. The molecular formula is C10H7Cl2N3O2. The lowest BCUT2D eigenvalue weighted by Gasteiger charge is -2.04. The van der Waals surface area contributed by atoms with Crippen LogP contribution in [0.15, 0.2) is 23.3 Å². The van der Waals surface area contributed by atoms with E-state index in [1.165, 1.54) is 6.21 Å². The van der Waals surface area contributed by atoms with E-state index in [4.69, 9.17) is 23.2 Å². The SMILES string of the molecule is O=C1CNC(=O)N1/N=C/c1ccc(Cl)cc1Cl. The van der Waals surface area contributed by atoms with Crippen molar-refractivity contribution < 1.29 is 9.59 Å². The fourth-order valence-electron chi connectivity index (χ4n) is 1.26. The minimum absolute atomic E-state index is 0.0372. The van der Waals surface area contributed by atoms with E-state index in [9.17, 15) is 9.59 Å². The van der Waals surface area contributed by atoms with E-state index in [-0.39, 0.29) is 6.54 Å². The van der Waals surface area contributed by atoms with Crippen molar-refractivity contribution in [3.63, 3.8) is 0 Å². The van der Waals surface area contributed by atoms with Crippen molar-refractivity contribution in [3.05, 3.63) is 33.8 Å². The number of carbonyl (C=O) groups is 2. The predicted octanol–water partition coefficient (Wildman–Crippen LogP) is 1.88. The monoisotopic (exact) mass is 271 g/mol. The van der Waals surface area contributed by atoms with Gasteiger partial charge < -0.3 is 5.32 Å². The van der Waals surface area contributed by atoms with Crippen LogP contribution in [0.2, 0.25) is 10.0 Å². The molecule has 1 N–H and O–H groups in total. The van der Waals surface area contributed by atoms with Crippen LogP contribution in [0.4, 0.5) is 4.79 Å². The molecule has 88 valence electrons. The molecule has 17 heavy (non-hydrogen) atoms. The van der Waals surface area contributed by atoms with Crippen molar-refractivity contribution in [2.24, 2.45) is 5.10 Å². The number of benzene rings is 1. The maximum absolute atomic E-state index is 11.2. The summed E-state index contributed by atoms with van der Waals surface area (Å²) in [5.41, 5.74) is 0.573. The number of carbonyl (C=O) groups excluding carboxylic acids is 2. The number of nitrogens with zero attached hydrogens (tertiary/aromatic N) is 2. The fraction of sp³-hybridized carbons (Fsp3) is 0.100. The summed E-state index contributed by atoms with van der Waals surface area (Å²) in [4.78, 5) is 22.4. The molecule has 0 spiro atoms. The standard InChI is InChI=1S/C10H7Cl2N3O2/c11-7-2-1-6(8(12)3-7)4-14-15-9(16)5-13-10(15)17/h1-4H,5H2,(H,13,17)/b14-4+. The summed E-state index contributed by atoms with van der Waals surface area (Å²) in [7, 11) is 0. The molecule has 1 aliphatic rings. The van der Waals surface area contributed by atoms with E-state index < -0.39 is 11.9 Å². The molecule has 1 saturated heterocycles. The molecule has 2 rings (SSSR count). The Labute approximate surface area is 107 Å². The van der Waals surface area contributed by atoms with Crippen molar-refractivity contribution >= 4 is 41.4 Å². The molecular weight excluding hydrogens is 265 g/mol. The molecule has 7 heteroatoms. The minimum atomic E-state index is -0.545. The molecule has 0 aromatic heterocycles. The van der Waals surface area contributed by atoms with Crippen LogP contribution in [0, 0.1) is 0 Å². The number of hydrogen-bond acceptors (Lipinski definition) is 3. The summed E-state index contributed by atoms with van der Waals surface area (Å²) in [6.45, 7) is -0.0372. The number of nitrogens with one attached hydrogen (secondary N) is 1. The predicted molar refractivity (Wildman–Crippen MR) is 64.3 cm³/mol. The van der Waals surface area contributed by atoms with Gasteiger partial charge in [-0.05, 0) is 12.1 Å². The normalized spacial score (nSPS) is 15.8. The van der Waals surface area contributed by atoms with Crippen LogP contribution in [0.3, 0.4) is 0 Å². The lowest BCUT2D eigenvalue weighted by molar-refractivity contribution is -0.124. The third-order valence-electron chi connectivity index (χ3n) is 2.09. The maximum Gasteiger partial charge on any atom is 0.345 e. The van der Waals surface area contributed by atoms with Crippen molar-refractivity contribution in [2.45, 2.75) is 0 Å². The maximum atomic E-state index is 11.2. The van der Waals surface area contributed by atoms with E-state index >= 15 is 0 Å². The van der Waals surface area contributed by atoms with Gasteiger partial charge in [0.15, 0.2) is 0 Å². The average Bonchev–Trinajstić information content (AvgIpc) is 2.58. The third-order valence-corrected chi connectivity index (χ3v) is 2.66. The average molecular weight is 272 g/mol. The van der Waals surface area contributed by atoms with Gasteiger partial charge in [-0.15, -0.1) is 5.01 Å². The van der Waals surface area contributed by atoms with Gasteiger partial charge in [-0.2, -0.15) is 5.10 Å². The highest BCUT2D eigenvalue weighted by atomic mass is 35.5. The fourth-order valence-corrected chi connectivity index (χ4v) is 1.71. The topological polar surface area (TPSA) is 61.8 Å². The van der Waals surface area contributed by atoms with Gasteiger partial charge in [0.05, 0.1) is 11.2 Å². The lowest BCUT2D eigenvalue weighted by atomic mass is 10.2. The van der Waals surface area contributed by atoms with Crippen molar-refractivity contribution in [1.82, 2.24) is 10.3 Å². The Balaban J connectivity index is 2.20. The van der Waals surface area contributed by atoms with Crippen LogP contribution >= 0.6 is 23.2 Å². The summed E-state index contributed by atoms with van der Waals surface area (Å²) < 4.78 is 0. The molecule has 1 aromatic rings. The highest BCUT2D eigenvalue weighted by molar-refractivity contribution is 6.36. The Bertz CT molecular complexity index is 500. The van der Waals surface area contributed by atoms with E-state index in [1.807, 2.05) is 0 Å². The van der Waals surface area contributed by atoms with Gasteiger partial charge in [-0.25, -0.2) is 4.79 Å². The summed E-state index contributed by atoms with van der Waals surface area (Å²) in [6.07, 6.45) is 1.33. The molecule has 1 aromatic carbocycles. The molecule has 0 radical (unpaired) electrons. The highest BCUT2D eigenvalue weighted by Gasteiger charge is 2.27. The zero-order valence-corrected chi connectivity index (χ0v) is 10.00. The first-order chi connectivity index (χ1) is 8.08. The van der Waals surface area contributed by atoms with Gasteiger partial charge in [-0.1, -0.05) is 29.3 Å². The summed E-state index contributed by atoms with van der Waals surface area (Å²) in [6, 6.07) is 4.29. The summed E-state index contributed by atoms with van der Waals surface area (Å²) in [5.74, 6) is -0.406. The Morgan fingerprint density at radius 3 is 2.71 bits per heavy atom. The highest BCUT2D eigenvalue weighted by Crippen LogP contribution is 2.19. The van der Waals surface area contributed by atoms with Crippen LogP contribution in [-0.4, -0.2) is 29.7 Å². The van der Waals surface area contributed by atoms with Crippen LogP contribution in [0.25, 0.3) is 0 Å². The largest absolute Gasteiger partial charge is 0.345 e. The molecule has 5 nitrogen and oxygen atoms in total. The Morgan fingerprint density at radius 1 is 1.35 bits per heavy atom. The Morgan fingerprint density at radius 2 is 2.12 bits per heavy atom. The van der Waals surface area contributed by atoms with Crippen LogP contribution < -0.4 is 5.32 Å². The quantitative estimate of drug-likeness (QED) is 0.660. The number of rotatable bonds is 2. The first kappa shape index (κ1) is 11.9. The first-order valence-corrected chi connectivity index (χ1v) is 5.43. The first-order valence-electron chi connectivity index (χ1n) is 4.68. The third kappa shape index (κ3) is 2.57. The molecule has 0 unspecified atom stereocenters. The summed E-state index contributed by atoms with van der Waals surface area (Å²) >= 11 is 11.6. The molecule has 3 amide bonds. The summed E-state index contributed by atoms with van der Waals surface area (Å²) in [5, 5.41) is 7.77. The second-order valence-corrected chi connectivity index (χ2v) is 4.12. The lowest BCUT2D eigenvalue weighted by Crippen LogP contribution is -2.25.